The van der Waals surface area contributed by atoms with Gasteiger partial charge in [0.15, 0.2) is 0 Å². The summed E-state index contributed by atoms with van der Waals surface area (Å²) < 4.78 is 2.13. The van der Waals surface area contributed by atoms with Crippen LogP contribution < -0.4 is 5.32 Å². The zero-order valence-corrected chi connectivity index (χ0v) is 18.1. The number of fused-ring (bicyclic) bond motifs is 4. The number of nitrogens with one attached hydrogen (secondary N) is 1. The zero-order chi connectivity index (χ0) is 20.9. The number of rotatable bonds is 3. The van der Waals surface area contributed by atoms with Gasteiger partial charge >= 0.3 is 0 Å². The van der Waals surface area contributed by atoms with Gasteiger partial charge in [0.25, 0.3) is 0 Å². The van der Waals surface area contributed by atoms with Crippen LogP contribution >= 0.6 is 0 Å². The molecule has 3 fully saturated rings. The van der Waals surface area contributed by atoms with E-state index in [1.807, 2.05) is 25.2 Å². The number of hydrogen-bond donors (Lipinski definition) is 1. The van der Waals surface area contributed by atoms with Gasteiger partial charge in [0, 0.05) is 25.4 Å². The molecule has 5 heteroatoms. The smallest absolute Gasteiger partial charge is 0.223 e. The number of aromatic nitrogens is 2. The van der Waals surface area contributed by atoms with Crippen LogP contribution in [0.5, 0.6) is 0 Å². The van der Waals surface area contributed by atoms with E-state index in [1.54, 1.807) is 0 Å². The lowest BCUT2D eigenvalue weighted by Crippen LogP contribution is -2.58. The van der Waals surface area contributed by atoms with Gasteiger partial charge in [0.1, 0.15) is 5.82 Å². The first-order valence-electron chi connectivity index (χ1n) is 11.6. The summed E-state index contributed by atoms with van der Waals surface area (Å²) in [7, 11) is 2.05. The third kappa shape index (κ3) is 3.12. The predicted octanol–water partition coefficient (Wildman–Crippen LogP) is 4.37. The average molecular weight is 405 g/mol. The first kappa shape index (κ1) is 19.6. The molecule has 2 heterocycles. The lowest BCUT2D eigenvalue weighted by Gasteiger charge is -2.50. The number of carbonyl (C=O) groups is 1. The van der Waals surface area contributed by atoms with Crippen LogP contribution in [0, 0.1) is 40.4 Å². The number of para-hydroxylation sites is 2. The third-order valence-corrected chi connectivity index (χ3v) is 8.50. The SMILES string of the molecule is Cn1c(CC(C)(C#N)C2CCC3C(C2)NC(=O)C2CCCCC23)nc2ccccc21. The Hall–Kier alpha value is -2.35. The maximum atomic E-state index is 12.8. The van der Waals surface area contributed by atoms with E-state index in [-0.39, 0.29) is 23.8 Å². The van der Waals surface area contributed by atoms with Gasteiger partial charge in [0.05, 0.1) is 22.5 Å². The molecular formula is C25H32N4O. The quantitative estimate of drug-likeness (QED) is 0.826. The Balaban J connectivity index is 1.37. The molecule has 1 saturated heterocycles. The second-order valence-electron chi connectivity index (χ2n) is 10.1. The van der Waals surface area contributed by atoms with Crippen LogP contribution in [0.4, 0.5) is 0 Å². The molecule has 1 aromatic heterocycles. The highest BCUT2D eigenvalue weighted by atomic mass is 16.2. The van der Waals surface area contributed by atoms with Gasteiger partial charge in [-0.3, -0.25) is 4.79 Å². The van der Waals surface area contributed by atoms with Crippen molar-refractivity contribution in [2.24, 2.45) is 36.1 Å². The predicted molar refractivity (Wildman–Crippen MR) is 116 cm³/mol. The van der Waals surface area contributed by atoms with Gasteiger partial charge in [-0.2, -0.15) is 5.26 Å². The fourth-order valence-electron chi connectivity index (χ4n) is 6.70. The Bertz CT molecular complexity index is 1000. The Labute approximate surface area is 178 Å². The average Bonchev–Trinajstić information content (AvgIpc) is 3.08. The number of imidazole rings is 1. The zero-order valence-electron chi connectivity index (χ0n) is 18.1. The van der Waals surface area contributed by atoms with Crippen LogP contribution in [0.3, 0.4) is 0 Å². The molecule has 0 bridgehead atoms. The Morgan fingerprint density at radius 3 is 2.80 bits per heavy atom. The van der Waals surface area contributed by atoms with Crippen LogP contribution in [-0.2, 0) is 18.3 Å². The Morgan fingerprint density at radius 1 is 1.20 bits per heavy atom. The normalized spacial score (nSPS) is 33.1. The number of carbonyl (C=O) groups excluding carboxylic acids is 1. The number of aryl methyl sites for hydroxylation is 1. The van der Waals surface area contributed by atoms with E-state index in [4.69, 9.17) is 4.98 Å². The topological polar surface area (TPSA) is 70.7 Å². The van der Waals surface area contributed by atoms with Crippen molar-refractivity contribution in [2.45, 2.75) is 64.3 Å². The second kappa shape index (κ2) is 7.41. The molecule has 30 heavy (non-hydrogen) atoms. The van der Waals surface area contributed by atoms with Crippen molar-refractivity contribution in [2.75, 3.05) is 0 Å². The van der Waals surface area contributed by atoms with E-state index < -0.39 is 5.41 Å². The van der Waals surface area contributed by atoms with Crippen molar-refractivity contribution in [1.29, 1.82) is 5.26 Å². The number of nitriles is 1. The van der Waals surface area contributed by atoms with Crippen molar-refractivity contribution >= 4 is 16.9 Å². The number of nitrogens with zero attached hydrogens (tertiary/aromatic N) is 3. The van der Waals surface area contributed by atoms with Gasteiger partial charge in [0.2, 0.25) is 5.91 Å². The second-order valence-corrected chi connectivity index (χ2v) is 10.1. The first-order chi connectivity index (χ1) is 14.5. The monoisotopic (exact) mass is 404 g/mol. The number of amides is 1. The maximum Gasteiger partial charge on any atom is 0.223 e. The molecule has 0 radical (unpaired) electrons. The summed E-state index contributed by atoms with van der Waals surface area (Å²) in [5, 5.41) is 13.6. The molecular weight excluding hydrogens is 372 g/mol. The molecule has 6 unspecified atom stereocenters. The number of benzene rings is 1. The molecule has 0 spiro atoms. The molecule has 5 rings (SSSR count). The maximum absolute atomic E-state index is 12.8. The lowest BCUT2D eigenvalue weighted by molar-refractivity contribution is -0.136. The molecule has 1 amide bonds. The van der Waals surface area contributed by atoms with Crippen LogP contribution in [0.1, 0.15) is 57.7 Å². The lowest BCUT2D eigenvalue weighted by atomic mass is 9.58. The largest absolute Gasteiger partial charge is 0.353 e. The molecule has 1 N–H and O–H groups in total. The van der Waals surface area contributed by atoms with Crippen LogP contribution in [-0.4, -0.2) is 21.5 Å². The van der Waals surface area contributed by atoms with Crippen molar-refractivity contribution in [3.63, 3.8) is 0 Å². The molecule has 158 valence electrons. The molecule has 1 aromatic carbocycles. The molecule has 2 aromatic rings. The van der Waals surface area contributed by atoms with E-state index in [9.17, 15) is 10.1 Å². The van der Waals surface area contributed by atoms with Crippen molar-refractivity contribution in [3.8, 4) is 6.07 Å². The number of piperidine rings is 1. The summed E-state index contributed by atoms with van der Waals surface area (Å²) in [6.07, 6.45) is 8.52. The summed E-state index contributed by atoms with van der Waals surface area (Å²) in [6.45, 7) is 2.10. The van der Waals surface area contributed by atoms with E-state index in [2.05, 4.69) is 28.9 Å². The molecule has 2 aliphatic carbocycles. The molecule has 6 atom stereocenters. The van der Waals surface area contributed by atoms with Gasteiger partial charge in [-0.05, 0) is 68.9 Å². The summed E-state index contributed by atoms with van der Waals surface area (Å²) in [6, 6.07) is 11.1. The van der Waals surface area contributed by atoms with E-state index in [0.717, 1.165) is 42.5 Å². The Kier molecular flexibility index (Phi) is 4.84. The molecule has 5 nitrogen and oxygen atoms in total. The summed E-state index contributed by atoms with van der Waals surface area (Å²) >= 11 is 0. The highest BCUT2D eigenvalue weighted by Gasteiger charge is 2.49. The minimum Gasteiger partial charge on any atom is -0.353 e. The van der Waals surface area contributed by atoms with Crippen molar-refractivity contribution in [1.82, 2.24) is 14.9 Å². The standard InChI is InChI=1S/C25H32N4O/c1-25(15-26,14-23-27-20-9-5-6-10-22(20)29(23)2)16-11-12-18-17-7-3-4-8-19(17)24(30)28-21(18)13-16/h5-6,9-10,16-19,21H,3-4,7-8,11-14H2,1-2H3,(H,28,30). The van der Waals surface area contributed by atoms with Crippen LogP contribution in [0.15, 0.2) is 24.3 Å². The third-order valence-electron chi connectivity index (χ3n) is 8.50. The molecule has 3 aliphatic rings. The summed E-state index contributed by atoms with van der Waals surface area (Å²) in [4.78, 5) is 17.6. The van der Waals surface area contributed by atoms with E-state index >= 15 is 0 Å². The minimum absolute atomic E-state index is 0.235. The van der Waals surface area contributed by atoms with Gasteiger partial charge < -0.3 is 9.88 Å². The fourth-order valence-corrected chi connectivity index (χ4v) is 6.70. The van der Waals surface area contributed by atoms with E-state index in [1.165, 1.54) is 19.3 Å². The van der Waals surface area contributed by atoms with Gasteiger partial charge in [-0.1, -0.05) is 25.0 Å². The summed E-state index contributed by atoms with van der Waals surface area (Å²) in [5.74, 6) is 2.93. The summed E-state index contributed by atoms with van der Waals surface area (Å²) in [5.41, 5.74) is 1.62. The van der Waals surface area contributed by atoms with Crippen LogP contribution in [0.25, 0.3) is 11.0 Å². The van der Waals surface area contributed by atoms with Gasteiger partial charge in [-0.25, -0.2) is 4.98 Å². The Morgan fingerprint density at radius 2 is 2.00 bits per heavy atom. The highest BCUT2D eigenvalue weighted by Crippen LogP contribution is 2.49. The van der Waals surface area contributed by atoms with E-state index in [0.29, 0.717) is 18.3 Å². The number of hydrogen-bond acceptors (Lipinski definition) is 3. The van der Waals surface area contributed by atoms with Crippen molar-refractivity contribution < 1.29 is 4.79 Å². The fraction of sp³-hybridized carbons (Fsp3) is 0.640. The van der Waals surface area contributed by atoms with Gasteiger partial charge in [-0.15, -0.1) is 0 Å². The molecule has 1 aliphatic heterocycles. The van der Waals surface area contributed by atoms with Crippen molar-refractivity contribution in [3.05, 3.63) is 30.1 Å². The van der Waals surface area contributed by atoms with Crippen LogP contribution in [0.2, 0.25) is 0 Å². The first-order valence-corrected chi connectivity index (χ1v) is 11.6. The highest BCUT2D eigenvalue weighted by molar-refractivity contribution is 5.80. The molecule has 2 saturated carbocycles. The minimum atomic E-state index is -0.478.